The number of aromatic nitrogens is 1. The lowest BCUT2D eigenvalue weighted by Crippen LogP contribution is -2.40. The Kier molecular flexibility index (Phi) is 6.02. The summed E-state index contributed by atoms with van der Waals surface area (Å²) in [7, 11) is 1.69. The van der Waals surface area contributed by atoms with Gasteiger partial charge < -0.3 is 24.5 Å². The molecule has 3 aromatic rings. The lowest BCUT2D eigenvalue weighted by Gasteiger charge is -2.33. The van der Waals surface area contributed by atoms with Gasteiger partial charge in [-0.05, 0) is 67.7 Å². The summed E-state index contributed by atoms with van der Waals surface area (Å²) in [6.45, 7) is 2.45. The first-order chi connectivity index (χ1) is 14.1. The first kappa shape index (κ1) is 19.7. The van der Waals surface area contributed by atoms with Crippen molar-refractivity contribution in [1.29, 1.82) is 0 Å². The fourth-order valence-corrected chi connectivity index (χ4v) is 4.11. The van der Waals surface area contributed by atoms with E-state index in [9.17, 15) is 9.50 Å². The van der Waals surface area contributed by atoms with Crippen LogP contribution in [0.25, 0.3) is 10.9 Å². The molecule has 6 heteroatoms. The first-order valence-electron chi connectivity index (χ1n) is 10.1. The van der Waals surface area contributed by atoms with Crippen LogP contribution < -0.4 is 9.47 Å². The van der Waals surface area contributed by atoms with Gasteiger partial charge in [-0.2, -0.15) is 0 Å². The van der Waals surface area contributed by atoms with Crippen LogP contribution in [0.3, 0.4) is 0 Å². The van der Waals surface area contributed by atoms with Gasteiger partial charge in [-0.15, -0.1) is 0 Å². The Morgan fingerprint density at radius 2 is 2.00 bits per heavy atom. The number of aliphatic hydroxyl groups excluding tert-OH is 1. The normalized spacial score (nSPS) is 16.8. The molecule has 2 aromatic carbocycles. The summed E-state index contributed by atoms with van der Waals surface area (Å²) in [5.41, 5.74) is 2.46. The van der Waals surface area contributed by atoms with Crippen LogP contribution in [-0.4, -0.2) is 54.4 Å². The van der Waals surface area contributed by atoms with Gasteiger partial charge >= 0.3 is 0 Å². The van der Waals surface area contributed by atoms with E-state index < -0.39 is 11.9 Å². The van der Waals surface area contributed by atoms with Gasteiger partial charge in [0, 0.05) is 23.6 Å². The molecule has 0 amide bonds. The third kappa shape index (κ3) is 4.54. The average Bonchev–Trinajstić information content (AvgIpc) is 3.17. The maximum atomic E-state index is 13.6. The van der Waals surface area contributed by atoms with Gasteiger partial charge in [0.2, 0.25) is 0 Å². The van der Waals surface area contributed by atoms with Crippen molar-refractivity contribution in [2.75, 3.05) is 33.4 Å². The molecule has 154 valence electrons. The number of para-hydroxylation sites is 1. The third-order valence-corrected chi connectivity index (χ3v) is 5.69. The Labute approximate surface area is 170 Å². The van der Waals surface area contributed by atoms with E-state index in [-0.39, 0.29) is 12.4 Å². The molecule has 0 radical (unpaired) electrons. The number of ether oxygens (including phenoxy) is 2. The van der Waals surface area contributed by atoms with Gasteiger partial charge in [-0.1, -0.05) is 12.1 Å². The summed E-state index contributed by atoms with van der Waals surface area (Å²) in [5.74, 6) is 1.13. The van der Waals surface area contributed by atoms with Gasteiger partial charge in [0.25, 0.3) is 0 Å². The lowest BCUT2D eigenvalue weighted by molar-refractivity contribution is 0.0583. The number of H-pyrrole nitrogens is 1. The van der Waals surface area contributed by atoms with E-state index in [1.165, 1.54) is 17.0 Å². The standard InChI is InChI=1S/C23H27FN2O3/c1-28-18-6-7-22-19(12-18)20(13-25-22)16-8-10-26(11-9-16)14-17(27)15-29-23-5-3-2-4-21(23)24/h2-7,12-13,16-17,25,27H,8-11,14-15H2,1H3/t17-/m0/s1. The Bertz CT molecular complexity index is 950. The van der Waals surface area contributed by atoms with E-state index in [1.807, 2.05) is 6.07 Å². The highest BCUT2D eigenvalue weighted by molar-refractivity contribution is 5.85. The number of aliphatic hydroxyl groups is 1. The number of nitrogens with zero attached hydrogens (tertiary/aromatic N) is 1. The third-order valence-electron chi connectivity index (χ3n) is 5.69. The molecule has 29 heavy (non-hydrogen) atoms. The van der Waals surface area contributed by atoms with Crippen LogP contribution in [0.1, 0.15) is 24.3 Å². The maximum absolute atomic E-state index is 13.6. The Morgan fingerprint density at radius 3 is 2.76 bits per heavy atom. The minimum Gasteiger partial charge on any atom is -0.497 e. The average molecular weight is 398 g/mol. The van der Waals surface area contributed by atoms with Crippen molar-refractivity contribution in [2.45, 2.75) is 24.9 Å². The largest absolute Gasteiger partial charge is 0.497 e. The first-order valence-corrected chi connectivity index (χ1v) is 10.1. The number of hydrogen-bond acceptors (Lipinski definition) is 4. The van der Waals surface area contributed by atoms with Gasteiger partial charge in [-0.3, -0.25) is 0 Å². The monoisotopic (exact) mass is 398 g/mol. The van der Waals surface area contributed by atoms with Crippen LogP contribution in [0.4, 0.5) is 4.39 Å². The molecule has 1 aromatic heterocycles. The SMILES string of the molecule is COc1ccc2[nH]cc(C3CCN(C[C@H](O)COc4ccccc4F)CC3)c2c1. The zero-order chi connectivity index (χ0) is 20.2. The van der Waals surface area contributed by atoms with Crippen molar-refractivity contribution in [3.63, 3.8) is 0 Å². The molecule has 1 atom stereocenters. The predicted octanol–water partition coefficient (Wildman–Crippen LogP) is 3.93. The summed E-state index contributed by atoms with van der Waals surface area (Å²) < 4.78 is 24.4. The number of halogens is 1. The maximum Gasteiger partial charge on any atom is 0.165 e. The molecule has 0 unspecified atom stereocenters. The van der Waals surface area contributed by atoms with Crippen LogP contribution >= 0.6 is 0 Å². The molecule has 1 aliphatic heterocycles. The van der Waals surface area contributed by atoms with Crippen LogP contribution in [-0.2, 0) is 0 Å². The number of hydrogen-bond donors (Lipinski definition) is 2. The topological polar surface area (TPSA) is 57.7 Å². The lowest BCUT2D eigenvalue weighted by atomic mass is 9.89. The van der Waals surface area contributed by atoms with Crippen molar-refractivity contribution in [3.8, 4) is 11.5 Å². The number of likely N-dealkylation sites (tertiary alicyclic amines) is 1. The van der Waals surface area contributed by atoms with Gasteiger partial charge in [0.1, 0.15) is 18.5 Å². The number of fused-ring (bicyclic) bond motifs is 1. The number of β-amino-alcohol motifs (C(OH)–C–C–N with tert-alkyl or cyclic N) is 1. The summed E-state index contributed by atoms with van der Waals surface area (Å²) in [4.78, 5) is 5.61. The summed E-state index contributed by atoms with van der Waals surface area (Å²) in [6, 6.07) is 12.4. The molecule has 2 heterocycles. The Hall–Kier alpha value is -2.57. The fourth-order valence-electron chi connectivity index (χ4n) is 4.11. The number of methoxy groups -OCH3 is 1. The van der Waals surface area contributed by atoms with E-state index in [4.69, 9.17) is 9.47 Å². The zero-order valence-electron chi connectivity index (χ0n) is 16.6. The van der Waals surface area contributed by atoms with Crippen LogP contribution in [0, 0.1) is 5.82 Å². The van der Waals surface area contributed by atoms with E-state index in [0.717, 1.165) is 37.2 Å². The molecule has 5 nitrogen and oxygen atoms in total. The minimum atomic E-state index is -0.650. The van der Waals surface area contributed by atoms with Crippen molar-refractivity contribution in [1.82, 2.24) is 9.88 Å². The van der Waals surface area contributed by atoms with E-state index >= 15 is 0 Å². The fraction of sp³-hybridized carbons (Fsp3) is 0.391. The molecule has 1 fully saturated rings. The molecule has 1 aliphatic rings. The molecule has 1 saturated heterocycles. The second-order valence-electron chi connectivity index (χ2n) is 7.63. The predicted molar refractivity (Wildman–Crippen MR) is 111 cm³/mol. The van der Waals surface area contributed by atoms with Gasteiger partial charge in [0.05, 0.1) is 7.11 Å². The molecule has 0 saturated carbocycles. The van der Waals surface area contributed by atoms with Crippen molar-refractivity contribution >= 4 is 10.9 Å². The number of aromatic amines is 1. The van der Waals surface area contributed by atoms with Crippen LogP contribution in [0.15, 0.2) is 48.7 Å². The molecular formula is C23H27FN2O3. The summed E-state index contributed by atoms with van der Waals surface area (Å²) in [5, 5.41) is 11.5. The second-order valence-corrected chi connectivity index (χ2v) is 7.63. The van der Waals surface area contributed by atoms with Crippen molar-refractivity contribution in [3.05, 3.63) is 60.0 Å². The molecule has 0 spiro atoms. The van der Waals surface area contributed by atoms with Crippen LogP contribution in [0.5, 0.6) is 11.5 Å². The molecule has 2 N–H and O–H groups in total. The zero-order valence-corrected chi connectivity index (χ0v) is 16.6. The van der Waals surface area contributed by atoms with Crippen LogP contribution in [0.2, 0.25) is 0 Å². The van der Waals surface area contributed by atoms with Crippen molar-refractivity contribution in [2.24, 2.45) is 0 Å². The van der Waals surface area contributed by atoms with Crippen molar-refractivity contribution < 1.29 is 19.0 Å². The number of nitrogens with one attached hydrogen (secondary N) is 1. The van der Waals surface area contributed by atoms with Gasteiger partial charge in [-0.25, -0.2) is 4.39 Å². The van der Waals surface area contributed by atoms with Gasteiger partial charge in [0.15, 0.2) is 11.6 Å². The minimum absolute atomic E-state index is 0.0864. The molecule has 4 rings (SSSR count). The smallest absolute Gasteiger partial charge is 0.165 e. The summed E-state index contributed by atoms with van der Waals surface area (Å²) >= 11 is 0. The number of piperidine rings is 1. The molecular weight excluding hydrogens is 371 g/mol. The van der Waals surface area contributed by atoms with E-state index in [2.05, 4.69) is 28.2 Å². The second kappa shape index (κ2) is 8.84. The highest BCUT2D eigenvalue weighted by Gasteiger charge is 2.24. The molecule has 0 bridgehead atoms. The van der Waals surface area contributed by atoms with E-state index in [0.29, 0.717) is 12.5 Å². The Balaban J connectivity index is 1.30. The van der Waals surface area contributed by atoms with E-state index in [1.54, 1.807) is 25.3 Å². The molecule has 0 aliphatic carbocycles. The highest BCUT2D eigenvalue weighted by Crippen LogP contribution is 2.34. The number of rotatable bonds is 7. The Morgan fingerprint density at radius 1 is 1.21 bits per heavy atom. The number of benzene rings is 2. The summed E-state index contributed by atoms with van der Waals surface area (Å²) in [6.07, 6.45) is 3.53. The highest BCUT2D eigenvalue weighted by atomic mass is 19.1. The quantitative estimate of drug-likeness (QED) is 0.633.